The second-order valence-corrected chi connectivity index (χ2v) is 4.46. The fourth-order valence-corrected chi connectivity index (χ4v) is 2.34. The van der Waals surface area contributed by atoms with Gasteiger partial charge in [0.15, 0.2) is 0 Å². The summed E-state index contributed by atoms with van der Waals surface area (Å²) in [4.78, 5) is 15.4. The van der Waals surface area contributed by atoms with Gasteiger partial charge in [-0.15, -0.1) is 0 Å². The summed E-state index contributed by atoms with van der Waals surface area (Å²) >= 11 is 0. The van der Waals surface area contributed by atoms with Gasteiger partial charge in [-0.3, -0.25) is 0 Å². The van der Waals surface area contributed by atoms with Crippen molar-refractivity contribution in [1.29, 1.82) is 0 Å². The van der Waals surface area contributed by atoms with Crippen molar-refractivity contribution in [2.45, 2.75) is 47.0 Å². The quantitative estimate of drug-likeness (QED) is 0.530. The van der Waals surface area contributed by atoms with Crippen LogP contribution in [0.15, 0.2) is 0 Å². The maximum Gasteiger partial charge on any atom is 0.348 e. The molecule has 0 aliphatic rings. The molecular formula is C11H22O4. The van der Waals surface area contributed by atoms with Gasteiger partial charge >= 0.3 is 5.97 Å². The van der Waals surface area contributed by atoms with E-state index >= 15 is 0 Å². The molecule has 0 saturated heterocycles. The monoisotopic (exact) mass is 218 g/mol. The van der Waals surface area contributed by atoms with E-state index in [0.29, 0.717) is 6.42 Å². The molecule has 4 nitrogen and oxygen atoms in total. The second-order valence-electron chi connectivity index (χ2n) is 4.46. The lowest BCUT2D eigenvalue weighted by Gasteiger charge is -2.43. The van der Waals surface area contributed by atoms with Crippen LogP contribution in [-0.4, -0.2) is 22.9 Å². The Balaban J connectivity index is 5.11. The lowest BCUT2D eigenvalue weighted by atomic mass is 9.60. The average molecular weight is 218 g/mol. The first kappa shape index (κ1) is 14.4. The standard InChI is InChI=1S/C11H22O4/c1-5-11(6-2,7-8-12)10(3,4)9(13)15-14/h12,14H,5-8H2,1-4H3. The molecule has 0 aliphatic heterocycles. The number of aliphatic hydroxyl groups is 1. The van der Waals surface area contributed by atoms with Crippen LogP contribution >= 0.6 is 0 Å². The summed E-state index contributed by atoms with van der Waals surface area (Å²) in [5.41, 5.74) is -1.13. The van der Waals surface area contributed by atoms with Gasteiger partial charge in [0.25, 0.3) is 0 Å². The molecule has 0 bridgehead atoms. The predicted octanol–water partition coefficient (Wildman–Crippen LogP) is 2.22. The molecule has 0 spiro atoms. The highest BCUT2D eigenvalue weighted by Crippen LogP contribution is 2.48. The SMILES string of the molecule is CCC(CC)(CCO)C(C)(C)C(=O)OO. The maximum absolute atomic E-state index is 11.5. The summed E-state index contributed by atoms with van der Waals surface area (Å²) in [6.45, 7) is 7.48. The van der Waals surface area contributed by atoms with Crippen LogP contribution in [-0.2, 0) is 9.68 Å². The Morgan fingerprint density at radius 2 is 1.73 bits per heavy atom. The van der Waals surface area contributed by atoms with Crippen LogP contribution in [0.25, 0.3) is 0 Å². The molecule has 0 radical (unpaired) electrons. The average Bonchev–Trinajstić information content (AvgIpc) is 2.24. The van der Waals surface area contributed by atoms with Crippen molar-refractivity contribution in [3.8, 4) is 0 Å². The molecule has 0 unspecified atom stereocenters. The molecule has 90 valence electrons. The summed E-state index contributed by atoms with van der Waals surface area (Å²) in [5.74, 6) is -0.639. The minimum absolute atomic E-state index is 0.0316. The van der Waals surface area contributed by atoms with E-state index in [9.17, 15) is 4.79 Å². The summed E-state index contributed by atoms with van der Waals surface area (Å²) in [6, 6.07) is 0. The van der Waals surface area contributed by atoms with E-state index in [-0.39, 0.29) is 12.0 Å². The van der Waals surface area contributed by atoms with Gasteiger partial charge in [0, 0.05) is 6.61 Å². The summed E-state index contributed by atoms with van der Waals surface area (Å²) in [6.07, 6.45) is 2.04. The molecule has 2 N–H and O–H groups in total. The highest BCUT2D eigenvalue weighted by Gasteiger charge is 2.48. The highest BCUT2D eigenvalue weighted by molar-refractivity contribution is 5.76. The van der Waals surface area contributed by atoms with E-state index < -0.39 is 11.4 Å². The lowest BCUT2D eigenvalue weighted by Crippen LogP contribution is -2.44. The zero-order chi connectivity index (χ0) is 12.1. The maximum atomic E-state index is 11.5. The lowest BCUT2D eigenvalue weighted by molar-refractivity contribution is -0.251. The van der Waals surface area contributed by atoms with Crippen molar-refractivity contribution in [1.82, 2.24) is 0 Å². The Kier molecular flexibility index (Phi) is 5.24. The topological polar surface area (TPSA) is 66.8 Å². The molecule has 0 fully saturated rings. The van der Waals surface area contributed by atoms with E-state index in [4.69, 9.17) is 10.4 Å². The molecule has 0 rings (SSSR count). The third-order valence-corrected chi connectivity index (χ3v) is 3.86. The Bertz CT molecular complexity index is 207. The van der Waals surface area contributed by atoms with E-state index in [1.54, 1.807) is 13.8 Å². The number of rotatable bonds is 6. The first-order chi connectivity index (χ1) is 6.91. The van der Waals surface area contributed by atoms with Crippen LogP contribution in [0.3, 0.4) is 0 Å². The molecule has 15 heavy (non-hydrogen) atoms. The molecule has 0 aromatic rings. The van der Waals surface area contributed by atoms with Crippen LogP contribution in [0.1, 0.15) is 47.0 Å². The minimum Gasteiger partial charge on any atom is -0.396 e. The molecule has 4 heteroatoms. The molecular weight excluding hydrogens is 196 g/mol. The fourth-order valence-electron chi connectivity index (χ4n) is 2.34. The van der Waals surface area contributed by atoms with E-state index in [0.717, 1.165) is 12.8 Å². The van der Waals surface area contributed by atoms with Crippen molar-refractivity contribution in [3.63, 3.8) is 0 Å². The number of hydrogen-bond donors (Lipinski definition) is 2. The van der Waals surface area contributed by atoms with Crippen LogP contribution in [0.5, 0.6) is 0 Å². The van der Waals surface area contributed by atoms with E-state index in [1.807, 2.05) is 13.8 Å². The van der Waals surface area contributed by atoms with E-state index in [2.05, 4.69) is 4.89 Å². The smallest absolute Gasteiger partial charge is 0.348 e. The Morgan fingerprint density at radius 1 is 1.27 bits per heavy atom. The number of carbonyl (C=O) groups is 1. The number of carbonyl (C=O) groups excluding carboxylic acids is 1. The summed E-state index contributed by atoms with van der Waals surface area (Å²) in [5, 5.41) is 17.5. The molecule has 0 heterocycles. The Hall–Kier alpha value is -0.610. The third-order valence-electron chi connectivity index (χ3n) is 3.86. The summed E-state index contributed by atoms with van der Waals surface area (Å²) in [7, 11) is 0. The normalized spacial score (nSPS) is 12.7. The zero-order valence-corrected chi connectivity index (χ0v) is 10.0. The molecule has 0 aliphatic carbocycles. The van der Waals surface area contributed by atoms with Gasteiger partial charge in [-0.1, -0.05) is 13.8 Å². The number of hydrogen-bond acceptors (Lipinski definition) is 4. The molecule has 0 atom stereocenters. The van der Waals surface area contributed by atoms with Gasteiger partial charge in [-0.05, 0) is 38.5 Å². The van der Waals surface area contributed by atoms with Crippen LogP contribution in [0.2, 0.25) is 0 Å². The fraction of sp³-hybridized carbons (Fsp3) is 0.909. The van der Waals surface area contributed by atoms with E-state index in [1.165, 1.54) is 0 Å². The number of aliphatic hydroxyl groups excluding tert-OH is 1. The zero-order valence-electron chi connectivity index (χ0n) is 10.0. The second kappa shape index (κ2) is 5.47. The van der Waals surface area contributed by atoms with Crippen molar-refractivity contribution >= 4 is 5.97 Å². The predicted molar refractivity (Wildman–Crippen MR) is 57.2 cm³/mol. The van der Waals surface area contributed by atoms with Crippen LogP contribution < -0.4 is 0 Å². The van der Waals surface area contributed by atoms with Gasteiger partial charge in [0.05, 0.1) is 5.41 Å². The molecule has 0 aromatic carbocycles. The first-order valence-electron chi connectivity index (χ1n) is 5.38. The van der Waals surface area contributed by atoms with Gasteiger partial charge < -0.3 is 9.99 Å². The third kappa shape index (κ3) is 2.49. The van der Waals surface area contributed by atoms with Gasteiger partial charge in [-0.25, -0.2) is 4.79 Å². The summed E-state index contributed by atoms with van der Waals surface area (Å²) < 4.78 is 0. The van der Waals surface area contributed by atoms with Crippen molar-refractivity contribution in [3.05, 3.63) is 0 Å². The minimum atomic E-state index is -0.798. The van der Waals surface area contributed by atoms with Crippen molar-refractivity contribution < 1.29 is 20.0 Å². The highest BCUT2D eigenvalue weighted by atomic mass is 17.1. The van der Waals surface area contributed by atoms with Gasteiger partial charge in [0.1, 0.15) is 0 Å². The van der Waals surface area contributed by atoms with Crippen molar-refractivity contribution in [2.75, 3.05) is 6.61 Å². The van der Waals surface area contributed by atoms with Gasteiger partial charge in [0.2, 0.25) is 0 Å². The largest absolute Gasteiger partial charge is 0.396 e. The Labute approximate surface area is 91.2 Å². The van der Waals surface area contributed by atoms with Crippen molar-refractivity contribution in [2.24, 2.45) is 10.8 Å². The van der Waals surface area contributed by atoms with Gasteiger partial charge in [-0.2, -0.15) is 5.26 Å². The Morgan fingerprint density at radius 3 is 2.00 bits per heavy atom. The first-order valence-corrected chi connectivity index (χ1v) is 5.38. The molecule has 0 aromatic heterocycles. The molecule has 0 amide bonds. The van der Waals surface area contributed by atoms with Crippen LogP contribution in [0.4, 0.5) is 0 Å². The molecule has 0 saturated carbocycles. The van der Waals surface area contributed by atoms with Crippen LogP contribution in [0, 0.1) is 10.8 Å².